The van der Waals surface area contributed by atoms with Crippen molar-refractivity contribution in [2.75, 3.05) is 31.6 Å². The third-order valence-corrected chi connectivity index (χ3v) is 7.90. The Balaban J connectivity index is 1.43. The van der Waals surface area contributed by atoms with Crippen molar-refractivity contribution in [3.8, 4) is 5.75 Å². The molecule has 0 spiro atoms. The van der Waals surface area contributed by atoms with Crippen molar-refractivity contribution < 1.29 is 17.9 Å². The Morgan fingerprint density at radius 2 is 1.74 bits per heavy atom. The number of anilines is 1. The Morgan fingerprint density at radius 3 is 2.45 bits per heavy atom. The van der Waals surface area contributed by atoms with Gasteiger partial charge in [-0.3, -0.25) is 9.69 Å². The van der Waals surface area contributed by atoms with Gasteiger partial charge in [-0.25, -0.2) is 13.4 Å². The minimum absolute atomic E-state index is 0.182. The average molecular weight is 438 g/mol. The Hall–Kier alpha value is -2.97. The van der Waals surface area contributed by atoms with Gasteiger partial charge in [-0.2, -0.15) is 4.31 Å². The molecule has 1 amide bonds. The zero-order valence-electron chi connectivity index (χ0n) is 17.2. The van der Waals surface area contributed by atoms with Crippen LogP contribution in [0.25, 0.3) is 10.9 Å². The number of sulfonamides is 1. The number of ether oxygens (including phenoxy) is 1. The topological polar surface area (TPSA) is 79.8 Å². The summed E-state index contributed by atoms with van der Waals surface area (Å²) in [7, 11) is -1.89. The third kappa shape index (κ3) is 3.45. The molecule has 5 rings (SSSR count). The minimum atomic E-state index is -3.50. The molecule has 0 bridgehead atoms. The zero-order chi connectivity index (χ0) is 21.6. The second-order valence-corrected chi connectivity index (χ2v) is 9.81. The molecule has 3 aromatic rings. The van der Waals surface area contributed by atoms with Crippen LogP contribution < -0.4 is 9.64 Å². The van der Waals surface area contributed by atoms with Crippen LogP contribution in [0.3, 0.4) is 0 Å². The van der Waals surface area contributed by atoms with E-state index in [0.717, 1.165) is 35.7 Å². The molecule has 1 fully saturated rings. The van der Waals surface area contributed by atoms with E-state index in [2.05, 4.69) is 6.07 Å². The highest BCUT2D eigenvalue weighted by molar-refractivity contribution is 7.89. The molecule has 2 aliphatic heterocycles. The van der Waals surface area contributed by atoms with E-state index in [0.29, 0.717) is 36.8 Å². The largest absolute Gasteiger partial charge is 0.497 e. The van der Waals surface area contributed by atoms with Crippen LogP contribution in [0, 0.1) is 0 Å². The molecule has 0 unspecified atom stereocenters. The summed E-state index contributed by atoms with van der Waals surface area (Å²) in [6.45, 7) is 1.65. The summed E-state index contributed by atoms with van der Waals surface area (Å²) >= 11 is 0. The number of amides is 1. The lowest BCUT2D eigenvalue weighted by Gasteiger charge is -2.18. The van der Waals surface area contributed by atoms with Crippen molar-refractivity contribution in [2.45, 2.75) is 24.2 Å². The van der Waals surface area contributed by atoms with E-state index in [4.69, 9.17) is 9.72 Å². The lowest BCUT2D eigenvalue weighted by molar-refractivity contribution is 0.0988. The van der Waals surface area contributed by atoms with Gasteiger partial charge in [-0.1, -0.05) is 0 Å². The molecular formula is C23H23N3O4S. The fourth-order valence-corrected chi connectivity index (χ4v) is 5.78. The quantitative estimate of drug-likeness (QED) is 0.626. The third-order valence-electron chi connectivity index (χ3n) is 5.99. The van der Waals surface area contributed by atoms with Crippen LogP contribution in [-0.2, 0) is 16.4 Å². The van der Waals surface area contributed by atoms with Crippen LogP contribution in [0.2, 0.25) is 0 Å². The molecule has 7 nitrogen and oxygen atoms in total. The molecule has 8 heteroatoms. The number of hydrogen-bond acceptors (Lipinski definition) is 5. The maximum atomic E-state index is 13.2. The van der Waals surface area contributed by atoms with Gasteiger partial charge in [0, 0.05) is 36.7 Å². The lowest BCUT2D eigenvalue weighted by Crippen LogP contribution is -2.30. The van der Waals surface area contributed by atoms with E-state index in [1.165, 1.54) is 16.4 Å². The first kappa shape index (κ1) is 20.0. The summed E-state index contributed by atoms with van der Waals surface area (Å²) in [4.78, 5) is 19.8. The van der Waals surface area contributed by atoms with Crippen molar-refractivity contribution in [1.82, 2.24) is 9.29 Å². The summed E-state index contributed by atoms with van der Waals surface area (Å²) in [6.07, 6.45) is 2.51. The monoisotopic (exact) mass is 437 g/mol. The fourth-order valence-electron chi connectivity index (χ4n) is 4.26. The standard InChI is InChI=1S/C23H23N3O4S/c1-30-19-7-4-17-14-18-10-13-26(22(18)24-21(17)15-19)23(27)16-5-8-20(9-6-16)31(28,29)25-11-2-3-12-25/h4-9,14-15H,2-3,10-13H2,1H3. The molecule has 0 aliphatic carbocycles. The number of carbonyl (C=O) groups is 1. The van der Waals surface area contributed by atoms with Gasteiger partial charge in [0.05, 0.1) is 17.5 Å². The summed E-state index contributed by atoms with van der Waals surface area (Å²) in [5.41, 5.74) is 2.24. The number of fused-ring (bicyclic) bond motifs is 2. The molecule has 160 valence electrons. The van der Waals surface area contributed by atoms with Crippen molar-refractivity contribution in [3.63, 3.8) is 0 Å². The molecule has 31 heavy (non-hydrogen) atoms. The van der Waals surface area contributed by atoms with Crippen LogP contribution in [0.15, 0.2) is 53.4 Å². The van der Waals surface area contributed by atoms with Crippen LogP contribution in [-0.4, -0.2) is 50.4 Å². The first-order valence-electron chi connectivity index (χ1n) is 10.4. The van der Waals surface area contributed by atoms with Crippen molar-refractivity contribution in [1.29, 1.82) is 0 Å². The number of aromatic nitrogens is 1. The summed E-state index contributed by atoms with van der Waals surface area (Å²) < 4.78 is 32.2. The summed E-state index contributed by atoms with van der Waals surface area (Å²) in [5, 5.41) is 1.00. The van der Waals surface area contributed by atoms with Crippen LogP contribution in [0.4, 0.5) is 5.82 Å². The van der Waals surface area contributed by atoms with Gasteiger partial charge in [-0.05, 0) is 67.3 Å². The average Bonchev–Trinajstić information content (AvgIpc) is 3.47. The number of carbonyl (C=O) groups excluding carboxylic acids is 1. The van der Waals surface area contributed by atoms with Gasteiger partial charge < -0.3 is 4.74 Å². The Bertz CT molecular complexity index is 1270. The highest BCUT2D eigenvalue weighted by atomic mass is 32.2. The molecule has 0 radical (unpaired) electrons. The van der Waals surface area contributed by atoms with E-state index >= 15 is 0 Å². The molecule has 1 saturated heterocycles. The number of hydrogen-bond donors (Lipinski definition) is 0. The van der Waals surface area contributed by atoms with Gasteiger partial charge in [0.15, 0.2) is 0 Å². The lowest BCUT2D eigenvalue weighted by atomic mass is 10.1. The molecular weight excluding hydrogens is 414 g/mol. The van der Waals surface area contributed by atoms with Crippen molar-refractivity contribution in [2.24, 2.45) is 0 Å². The molecule has 2 aromatic carbocycles. The molecule has 3 heterocycles. The minimum Gasteiger partial charge on any atom is -0.497 e. The van der Waals surface area contributed by atoms with Crippen LogP contribution in [0.5, 0.6) is 5.75 Å². The van der Waals surface area contributed by atoms with Gasteiger partial charge in [0.1, 0.15) is 11.6 Å². The van der Waals surface area contributed by atoms with Crippen LogP contribution in [0.1, 0.15) is 28.8 Å². The second kappa shape index (κ2) is 7.62. The van der Waals surface area contributed by atoms with E-state index in [1.54, 1.807) is 24.1 Å². The number of benzene rings is 2. The number of rotatable bonds is 4. The number of pyridine rings is 1. The van der Waals surface area contributed by atoms with Crippen LogP contribution >= 0.6 is 0 Å². The second-order valence-electron chi connectivity index (χ2n) is 7.87. The number of methoxy groups -OCH3 is 1. The summed E-state index contributed by atoms with van der Waals surface area (Å²) in [6, 6.07) is 14.0. The highest BCUT2D eigenvalue weighted by Crippen LogP contribution is 2.32. The first-order valence-corrected chi connectivity index (χ1v) is 11.8. The van der Waals surface area contributed by atoms with E-state index in [1.807, 2.05) is 18.2 Å². The van der Waals surface area contributed by atoms with E-state index in [-0.39, 0.29) is 10.8 Å². The van der Waals surface area contributed by atoms with Gasteiger partial charge in [0.25, 0.3) is 5.91 Å². The zero-order valence-corrected chi connectivity index (χ0v) is 18.1. The molecule has 0 saturated carbocycles. The van der Waals surface area contributed by atoms with Gasteiger partial charge in [-0.15, -0.1) is 0 Å². The van der Waals surface area contributed by atoms with Gasteiger partial charge >= 0.3 is 0 Å². The van der Waals surface area contributed by atoms with E-state index in [9.17, 15) is 13.2 Å². The smallest absolute Gasteiger partial charge is 0.259 e. The van der Waals surface area contributed by atoms with Crippen molar-refractivity contribution >= 4 is 32.7 Å². The first-order chi connectivity index (χ1) is 15.0. The van der Waals surface area contributed by atoms with Gasteiger partial charge in [0.2, 0.25) is 10.0 Å². The predicted molar refractivity (Wildman–Crippen MR) is 118 cm³/mol. The SMILES string of the molecule is COc1ccc2cc3c(nc2c1)N(C(=O)c1ccc(S(=O)(=O)N2CCCC2)cc1)CC3. The van der Waals surface area contributed by atoms with E-state index < -0.39 is 10.0 Å². The Morgan fingerprint density at radius 1 is 1.00 bits per heavy atom. The molecule has 0 N–H and O–H groups in total. The molecule has 1 aromatic heterocycles. The Kier molecular flexibility index (Phi) is 4.91. The molecule has 0 atom stereocenters. The highest BCUT2D eigenvalue weighted by Gasteiger charge is 2.30. The maximum Gasteiger partial charge on any atom is 0.259 e. The van der Waals surface area contributed by atoms with Crippen molar-refractivity contribution in [3.05, 3.63) is 59.7 Å². The maximum absolute atomic E-state index is 13.2. The summed E-state index contributed by atoms with van der Waals surface area (Å²) in [5.74, 6) is 1.18. The Labute approximate surface area is 181 Å². The molecule has 2 aliphatic rings. The fraction of sp³-hybridized carbons (Fsp3) is 0.304. The predicted octanol–water partition coefficient (Wildman–Crippen LogP) is 3.23. The number of nitrogens with zero attached hydrogens (tertiary/aromatic N) is 3. The normalized spacial score (nSPS) is 16.6.